The molecule has 3 rings (SSSR count). The number of fused-ring (bicyclic) bond motifs is 1. The number of aryl methyl sites for hydroxylation is 1. The van der Waals surface area contributed by atoms with Gasteiger partial charge >= 0.3 is 0 Å². The number of nitriles is 1. The third-order valence-corrected chi connectivity index (χ3v) is 3.81. The fraction of sp³-hybridized carbons (Fsp3) is 0.235. The third kappa shape index (κ3) is 2.46. The topological polar surface area (TPSA) is 61.8 Å². The van der Waals surface area contributed by atoms with Gasteiger partial charge in [0.05, 0.1) is 17.7 Å². The van der Waals surface area contributed by atoms with Crippen molar-refractivity contribution < 1.29 is 0 Å². The summed E-state index contributed by atoms with van der Waals surface area (Å²) in [6.07, 6.45) is 3.36. The zero-order valence-corrected chi connectivity index (χ0v) is 11.3. The molecule has 100 valence electrons. The second kappa shape index (κ2) is 5.26. The number of nitrogens with zero attached hydrogens (tertiary/aromatic N) is 1. The molecular weight excluding hydrogens is 246 g/mol. The Morgan fingerprint density at radius 3 is 2.95 bits per heavy atom. The monoisotopic (exact) mass is 263 g/mol. The van der Waals surface area contributed by atoms with Gasteiger partial charge in [-0.1, -0.05) is 12.1 Å². The maximum absolute atomic E-state index is 8.96. The van der Waals surface area contributed by atoms with E-state index in [1.807, 2.05) is 30.3 Å². The number of nitrogen functional groups attached to an aromatic ring is 1. The fourth-order valence-electron chi connectivity index (χ4n) is 2.86. The Morgan fingerprint density at radius 2 is 2.10 bits per heavy atom. The average Bonchev–Trinajstić information content (AvgIpc) is 2.47. The van der Waals surface area contributed by atoms with E-state index in [1.54, 1.807) is 0 Å². The van der Waals surface area contributed by atoms with Crippen molar-refractivity contribution in [1.29, 1.82) is 5.26 Å². The van der Waals surface area contributed by atoms with Gasteiger partial charge in [-0.25, -0.2) is 0 Å². The van der Waals surface area contributed by atoms with Crippen LogP contribution in [0.4, 0.5) is 11.4 Å². The number of hydrogen-bond donors (Lipinski definition) is 2. The van der Waals surface area contributed by atoms with Crippen molar-refractivity contribution in [1.82, 2.24) is 0 Å². The molecule has 0 spiro atoms. The molecule has 0 amide bonds. The molecule has 20 heavy (non-hydrogen) atoms. The van der Waals surface area contributed by atoms with Crippen molar-refractivity contribution in [2.75, 3.05) is 11.1 Å². The van der Waals surface area contributed by atoms with Crippen LogP contribution in [0.5, 0.6) is 0 Å². The first-order chi connectivity index (χ1) is 9.76. The highest BCUT2D eigenvalue weighted by Crippen LogP contribution is 2.33. The first-order valence-electron chi connectivity index (χ1n) is 6.91. The van der Waals surface area contributed by atoms with Crippen LogP contribution in [0.1, 0.15) is 35.6 Å². The minimum absolute atomic E-state index is 0.299. The third-order valence-electron chi connectivity index (χ3n) is 3.81. The number of benzene rings is 2. The Hall–Kier alpha value is -2.47. The number of nitrogens with two attached hydrogens (primary N) is 1. The summed E-state index contributed by atoms with van der Waals surface area (Å²) in [7, 11) is 0. The van der Waals surface area contributed by atoms with E-state index in [4.69, 9.17) is 11.0 Å². The van der Waals surface area contributed by atoms with Crippen molar-refractivity contribution in [2.45, 2.75) is 25.3 Å². The van der Waals surface area contributed by atoms with Crippen molar-refractivity contribution in [2.24, 2.45) is 0 Å². The molecule has 2 aromatic carbocycles. The van der Waals surface area contributed by atoms with Crippen LogP contribution < -0.4 is 11.1 Å². The molecule has 0 aromatic heterocycles. The summed E-state index contributed by atoms with van der Waals surface area (Å²) >= 11 is 0. The van der Waals surface area contributed by atoms with Gasteiger partial charge in [0.15, 0.2) is 0 Å². The van der Waals surface area contributed by atoms with E-state index in [-0.39, 0.29) is 0 Å². The van der Waals surface area contributed by atoms with E-state index in [2.05, 4.69) is 23.5 Å². The average molecular weight is 263 g/mol. The summed E-state index contributed by atoms with van der Waals surface area (Å²) < 4.78 is 0. The van der Waals surface area contributed by atoms with Crippen molar-refractivity contribution in [3.8, 4) is 6.07 Å². The molecule has 3 nitrogen and oxygen atoms in total. The standard InChI is InChI=1S/C17H17N3/c18-11-12-3-1-5-15(9-12)20-17-6-2-4-13-10-14(19)7-8-16(13)17/h1,3,5,7-10,17,20H,2,4,6,19H2. The normalized spacial score (nSPS) is 17.1. The number of hydrogen-bond acceptors (Lipinski definition) is 3. The smallest absolute Gasteiger partial charge is 0.0992 e. The van der Waals surface area contributed by atoms with Gasteiger partial charge in [0.25, 0.3) is 0 Å². The molecule has 0 saturated carbocycles. The van der Waals surface area contributed by atoms with Crippen LogP contribution in [0.15, 0.2) is 42.5 Å². The van der Waals surface area contributed by atoms with Gasteiger partial charge in [0, 0.05) is 11.4 Å². The van der Waals surface area contributed by atoms with Crippen LogP contribution in [0.2, 0.25) is 0 Å². The van der Waals surface area contributed by atoms with Gasteiger partial charge in [-0.15, -0.1) is 0 Å². The van der Waals surface area contributed by atoms with E-state index >= 15 is 0 Å². The van der Waals surface area contributed by atoms with Crippen LogP contribution in [0.25, 0.3) is 0 Å². The molecular formula is C17H17N3. The minimum atomic E-state index is 0.299. The zero-order chi connectivity index (χ0) is 13.9. The van der Waals surface area contributed by atoms with Gasteiger partial charge in [-0.3, -0.25) is 0 Å². The molecule has 0 aliphatic heterocycles. The molecule has 3 N–H and O–H groups in total. The molecule has 0 radical (unpaired) electrons. The quantitative estimate of drug-likeness (QED) is 0.813. The predicted molar refractivity (Wildman–Crippen MR) is 81.3 cm³/mol. The largest absolute Gasteiger partial charge is 0.399 e. The molecule has 1 unspecified atom stereocenters. The summed E-state index contributed by atoms with van der Waals surface area (Å²) in [5, 5.41) is 12.5. The summed E-state index contributed by atoms with van der Waals surface area (Å²) in [6.45, 7) is 0. The molecule has 0 saturated heterocycles. The van der Waals surface area contributed by atoms with Crippen molar-refractivity contribution in [3.05, 3.63) is 59.2 Å². The van der Waals surface area contributed by atoms with Crippen LogP contribution in [-0.4, -0.2) is 0 Å². The lowest BCUT2D eigenvalue weighted by Crippen LogP contribution is -2.17. The highest BCUT2D eigenvalue weighted by atomic mass is 14.9. The summed E-state index contributed by atoms with van der Waals surface area (Å²) in [5.74, 6) is 0. The van der Waals surface area contributed by atoms with Gasteiger partial charge < -0.3 is 11.1 Å². The van der Waals surface area contributed by atoms with E-state index < -0.39 is 0 Å². The van der Waals surface area contributed by atoms with E-state index in [9.17, 15) is 0 Å². The SMILES string of the molecule is N#Cc1cccc(NC2CCCc3cc(N)ccc32)c1. The molecule has 1 aliphatic carbocycles. The number of anilines is 2. The second-order valence-corrected chi connectivity index (χ2v) is 5.24. The summed E-state index contributed by atoms with van der Waals surface area (Å²) in [4.78, 5) is 0. The molecule has 2 aromatic rings. The van der Waals surface area contributed by atoms with Gasteiger partial charge in [0.1, 0.15) is 0 Å². The van der Waals surface area contributed by atoms with Crippen LogP contribution in [0.3, 0.4) is 0 Å². The lowest BCUT2D eigenvalue weighted by molar-refractivity contribution is 0.600. The number of nitrogens with one attached hydrogen (secondary N) is 1. The lowest BCUT2D eigenvalue weighted by atomic mass is 9.87. The Morgan fingerprint density at radius 1 is 1.20 bits per heavy atom. The van der Waals surface area contributed by atoms with Crippen LogP contribution in [-0.2, 0) is 6.42 Å². The highest BCUT2D eigenvalue weighted by molar-refractivity contribution is 5.53. The Labute approximate surface area is 119 Å². The fourth-order valence-corrected chi connectivity index (χ4v) is 2.86. The summed E-state index contributed by atoms with van der Waals surface area (Å²) in [6, 6.07) is 16.3. The van der Waals surface area contributed by atoms with E-state index in [1.165, 1.54) is 11.1 Å². The Bertz CT molecular complexity index is 670. The van der Waals surface area contributed by atoms with Gasteiger partial charge in [-0.05, 0) is 60.7 Å². The zero-order valence-electron chi connectivity index (χ0n) is 11.3. The molecule has 1 atom stereocenters. The first-order valence-corrected chi connectivity index (χ1v) is 6.91. The first kappa shape index (κ1) is 12.6. The maximum atomic E-state index is 8.96. The Balaban J connectivity index is 1.88. The molecule has 0 bridgehead atoms. The Kier molecular flexibility index (Phi) is 3.30. The minimum Gasteiger partial charge on any atom is -0.399 e. The van der Waals surface area contributed by atoms with Gasteiger partial charge in [-0.2, -0.15) is 5.26 Å². The van der Waals surface area contributed by atoms with Crippen LogP contribution in [0, 0.1) is 11.3 Å². The van der Waals surface area contributed by atoms with Gasteiger partial charge in [0.2, 0.25) is 0 Å². The molecule has 0 fully saturated rings. The number of rotatable bonds is 2. The predicted octanol–water partition coefficient (Wildman–Crippen LogP) is 3.63. The van der Waals surface area contributed by atoms with Crippen molar-refractivity contribution in [3.63, 3.8) is 0 Å². The van der Waals surface area contributed by atoms with Crippen LogP contribution >= 0.6 is 0 Å². The maximum Gasteiger partial charge on any atom is 0.0992 e. The molecule has 0 heterocycles. The molecule has 3 heteroatoms. The second-order valence-electron chi connectivity index (χ2n) is 5.24. The highest BCUT2D eigenvalue weighted by Gasteiger charge is 2.20. The lowest BCUT2D eigenvalue weighted by Gasteiger charge is -2.27. The van der Waals surface area contributed by atoms with E-state index in [0.717, 1.165) is 30.6 Å². The summed E-state index contributed by atoms with van der Waals surface area (Å²) in [5.41, 5.74) is 11.0. The molecule has 1 aliphatic rings. The van der Waals surface area contributed by atoms with Crippen molar-refractivity contribution >= 4 is 11.4 Å². The van der Waals surface area contributed by atoms with E-state index in [0.29, 0.717) is 11.6 Å².